The minimum atomic E-state index is -0.355. The Hall–Kier alpha value is -2.31. The zero-order valence-corrected chi connectivity index (χ0v) is 14.0. The lowest BCUT2D eigenvalue weighted by molar-refractivity contribution is -0.133. The number of likely N-dealkylation sites (N-methyl/N-ethyl adjacent to an activating group) is 1. The van der Waals surface area contributed by atoms with Crippen LogP contribution in [0.15, 0.2) is 24.3 Å². The van der Waals surface area contributed by atoms with E-state index in [1.165, 1.54) is 16.9 Å². The van der Waals surface area contributed by atoms with E-state index in [0.717, 1.165) is 31.6 Å². The van der Waals surface area contributed by atoms with Crippen molar-refractivity contribution in [2.75, 3.05) is 7.05 Å². The van der Waals surface area contributed by atoms with Gasteiger partial charge in [-0.2, -0.15) is 4.80 Å². The summed E-state index contributed by atoms with van der Waals surface area (Å²) in [5, 5.41) is 12.0. The Bertz CT molecular complexity index is 709. The fourth-order valence-electron chi connectivity index (χ4n) is 3.12. The average Bonchev–Trinajstić information content (AvgIpc) is 3.03. The van der Waals surface area contributed by atoms with Crippen LogP contribution in [-0.4, -0.2) is 44.1 Å². The molecule has 0 bridgehead atoms. The molecular weight excluding hydrogens is 309 g/mol. The molecule has 24 heavy (non-hydrogen) atoms. The van der Waals surface area contributed by atoms with E-state index in [1.807, 2.05) is 7.05 Å². The Labute approximate surface area is 140 Å². The second-order valence-electron chi connectivity index (χ2n) is 6.57. The minimum absolute atomic E-state index is 0.0299. The van der Waals surface area contributed by atoms with Crippen LogP contribution in [0.3, 0.4) is 0 Å². The molecule has 0 saturated heterocycles. The van der Waals surface area contributed by atoms with Gasteiger partial charge in [0.1, 0.15) is 12.4 Å². The first-order valence-corrected chi connectivity index (χ1v) is 8.32. The van der Waals surface area contributed by atoms with Crippen LogP contribution in [0.2, 0.25) is 0 Å². The van der Waals surface area contributed by atoms with Gasteiger partial charge >= 0.3 is 0 Å². The van der Waals surface area contributed by atoms with Crippen LogP contribution in [0.4, 0.5) is 4.39 Å². The van der Waals surface area contributed by atoms with Gasteiger partial charge in [-0.15, -0.1) is 10.2 Å². The van der Waals surface area contributed by atoms with Crippen molar-refractivity contribution in [2.24, 2.45) is 5.92 Å². The highest BCUT2D eigenvalue weighted by atomic mass is 19.1. The van der Waals surface area contributed by atoms with Crippen molar-refractivity contribution in [3.8, 4) is 11.4 Å². The van der Waals surface area contributed by atoms with E-state index >= 15 is 0 Å². The van der Waals surface area contributed by atoms with Crippen LogP contribution < -0.4 is 0 Å². The second-order valence-corrected chi connectivity index (χ2v) is 6.57. The number of carbonyl (C=O) groups is 1. The van der Waals surface area contributed by atoms with Gasteiger partial charge < -0.3 is 4.90 Å². The SMILES string of the molecule is CC1CCC(N(C)C(=O)Cn2nnc(-c3cccc(F)c3)n2)CC1. The molecule has 0 atom stereocenters. The first kappa shape index (κ1) is 16.5. The van der Waals surface area contributed by atoms with E-state index in [1.54, 1.807) is 17.0 Å². The van der Waals surface area contributed by atoms with Gasteiger partial charge in [0.15, 0.2) is 0 Å². The minimum Gasteiger partial charge on any atom is -0.341 e. The number of tetrazole rings is 1. The third-order valence-electron chi connectivity index (χ3n) is 4.74. The summed E-state index contributed by atoms with van der Waals surface area (Å²) < 4.78 is 13.3. The molecular formula is C17H22FN5O. The van der Waals surface area contributed by atoms with Crippen LogP contribution in [-0.2, 0) is 11.3 Å². The second kappa shape index (κ2) is 7.07. The normalized spacial score (nSPS) is 20.8. The topological polar surface area (TPSA) is 63.9 Å². The van der Waals surface area contributed by atoms with Gasteiger partial charge in [0.25, 0.3) is 0 Å². The molecule has 1 saturated carbocycles. The molecule has 7 heteroatoms. The molecule has 6 nitrogen and oxygen atoms in total. The highest BCUT2D eigenvalue weighted by molar-refractivity contribution is 5.75. The van der Waals surface area contributed by atoms with Crippen LogP contribution in [0.1, 0.15) is 32.6 Å². The third kappa shape index (κ3) is 3.77. The van der Waals surface area contributed by atoms with Crippen LogP contribution in [0.5, 0.6) is 0 Å². The van der Waals surface area contributed by atoms with Gasteiger partial charge in [-0.3, -0.25) is 4.79 Å². The maximum absolute atomic E-state index is 13.3. The molecule has 1 amide bonds. The van der Waals surface area contributed by atoms with Crippen molar-refractivity contribution in [1.29, 1.82) is 0 Å². The molecule has 2 aromatic rings. The lowest BCUT2D eigenvalue weighted by Crippen LogP contribution is -2.41. The molecule has 128 valence electrons. The fraction of sp³-hybridized carbons (Fsp3) is 0.529. The standard InChI is InChI=1S/C17H22FN5O/c1-12-6-8-15(9-7-12)22(2)16(24)11-23-20-17(19-21-23)13-4-3-5-14(18)10-13/h3-5,10,12,15H,6-9,11H2,1-2H3. The lowest BCUT2D eigenvalue weighted by atomic mass is 9.87. The molecule has 0 N–H and O–H groups in total. The van der Waals surface area contributed by atoms with Gasteiger partial charge in [-0.1, -0.05) is 19.1 Å². The van der Waals surface area contributed by atoms with E-state index in [9.17, 15) is 9.18 Å². The monoisotopic (exact) mass is 331 g/mol. The van der Waals surface area contributed by atoms with Crippen LogP contribution in [0, 0.1) is 11.7 Å². The van der Waals surface area contributed by atoms with Crippen molar-refractivity contribution < 1.29 is 9.18 Å². The number of nitrogens with zero attached hydrogens (tertiary/aromatic N) is 5. The summed E-state index contributed by atoms with van der Waals surface area (Å²) in [5.41, 5.74) is 0.545. The van der Waals surface area contributed by atoms with E-state index in [2.05, 4.69) is 22.3 Å². The third-order valence-corrected chi connectivity index (χ3v) is 4.74. The molecule has 0 aliphatic heterocycles. The van der Waals surface area contributed by atoms with E-state index in [0.29, 0.717) is 17.4 Å². The number of rotatable bonds is 4. The molecule has 1 heterocycles. The Morgan fingerprint density at radius 3 is 2.79 bits per heavy atom. The predicted octanol–water partition coefficient (Wildman–Crippen LogP) is 2.52. The Balaban J connectivity index is 1.63. The van der Waals surface area contributed by atoms with Gasteiger partial charge in [-0.25, -0.2) is 4.39 Å². The summed E-state index contributed by atoms with van der Waals surface area (Å²) >= 11 is 0. The molecule has 0 radical (unpaired) electrons. The molecule has 1 aliphatic rings. The number of benzene rings is 1. The van der Waals surface area contributed by atoms with Gasteiger partial charge in [0.2, 0.25) is 11.7 Å². The van der Waals surface area contributed by atoms with Crippen molar-refractivity contribution in [1.82, 2.24) is 25.1 Å². The van der Waals surface area contributed by atoms with Gasteiger partial charge in [0, 0.05) is 18.7 Å². The molecule has 1 aliphatic carbocycles. The highest BCUT2D eigenvalue weighted by Crippen LogP contribution is 2.26. The summed E-state index contributed by atoms with van der Waals surface area (Å²) in [5.74, 6) is 0.677. The Kier molecular flexibility index (Phi) is 4.87. The summed E-state index contributed by atoms with van der Waals surface area (Å²) in [4.78, 5) is 15.5. The number of hydrogen-bond acceptors (Lipinski definition) is 4. The molecule has 1 fully saturated rings. The van der Waals surface area contributed by atoms with Crippen molar-refractivity contribution in [3.63, 3.8) is 0 Å². The maximum Gasteiger partial charge on any atom is 0.246 e. The number of aromatic nitrogens is 4. The van der Waals surface area contributed by atoms with E-state index in [-0.39, 0.29) is 18.3 Å². The van der Waals surface area contributed by atoms with Crippen LogP contribution in [0.25, 0.3) is 11.4 Å². The average molecular weight is 331 g/mol. The number of carbonyl (C=O) groups excluding carboxylic acids is 1. The first-order chi connectivity index (χ1) is 11.5. The number of hydrogen-bond donors (Lipinski definition) is 0. The smallest absolute Gasteiger partial charge is 0.246 e. The fourth-order valence-corrected chi connectivity index (χ4v) is 3.12. The number of amides is 1. The Morgan fingerprint density at radius 2 is 2.08 bits per heavy atom. The number of halogens is 1. The molecule has 3 rings (SSSR count). The summed E-state index contributed by atoms with van der Waals surface area (Å²) in [7, 11) is 1.84. The van der Waals surface area contributed by atoms with Gasteiger partial charge in [0.05, 0.1) is 0 Å². The molecule has 1 aromatic heterocycles. The van der Waals surface area contributed by atoms with Crippen molar-refractivity contribution in [2.45, 2.75) is 45.2 Å². The summed E-state index contributed by atoms with van der Waals surface area (Å²) in [6.07, 6.45) is 4.41. The van der Waals surface area contributed by atoms with E-state index in [4.69, 9.17) is 0 Å². The quantitative estimate of drug-likeness (QED) is 0.863. The zero-order chi connectivity index (χ0) is 17.1. The maximum atomic E-state index is 13.3. The first-order valence-electron chi connectivity index (χ1n) is 8.32. The van der Waals surface area contributed by atoms with Crippen molar-refractivity contribution >= 4 is 5.91 Å². The molecule has 0 unspecified atom stereocenters. The van der Waals surface area contributed by atoms with E-state index < -0.39 is 0 Å². The van der Waals surface area contributed by atoms with Crippen molar-refractivity contribution in [3.05, 3.63) is 30.1 Å². The lowest BCUT2D eigenvalue weighted by Gasteiger charge is -2.33. The largest absolute Gasteiger partial charge is 0.341 e. The summed E-state index contributed by atoms with van der Waals surface area (Å²) in [6.45, 7) is 2.30. The van der Waals surface area contributed by atoms with Crippen LogP contribution >= 0.6 is 0 Å². The van der Waals surface area contributed by atoms with Gasteiger partial charge in [-0.05, 0) is 48.9 Å². The predicted molar refractivity (Wildman–Crippen MR) is 87.4 cm³/mol. The summed E-state index contributed by atoms with van der Waals surface area (Å²) in [6, 6.07) is 6.30. The zero-order valence-electron chi connectivity index (χ0n) is 14.0. The Morgan fingerprint density at radius 1 is 1.33 bits per heavy atom. The molecule has 1 aromatic carbocycles. The highest BCUT2D eigenvalue weighted by Gasteiger charge is 2.25. The molecule has 0 spiro atoms.